The molecule has 0 unspecified atom stereocenters. The predicted molar refractivity (Wildman–Crippen MR) is 119 cm³/mol. The van der Waals surface area contributed by atoms with E-state index >= 15 is 0 Å². The van der Waals surface area contributed by atoms with Crippen LogP contribution in [0, 0.1) is 25.5 Å². The minimum absolute atomic E-state index is 0.0588. The number of carbonyl (C=O) groups excluding carboxylic acids is 1. The van der Waals surface area contributed by atoms with Crippen LogP contribution in [0.3, 0.4) is 0 Å². The molecule has 0 aliphatic heterocycles. The summed E-state index contributed by atoms with van der Waals surface area (Å²) in [4.78, 5) is 25.4. The summed E-state index contributed by atoms with van der Waals surface area (Å²) >= 11 is 0. The SMILES string of the molecule is CC(=O)c1cc(-c2ccnc(C)c2)cc2c1nc(C)n2-c1ccnc2c(F)ccc(F)c12. The molecule has 3 heterocycles. The fourth-order valence-corrected chi connectivity index (χ4v) is 4.12. The summed E-state index contributed by atoms with van der Waals surface area (Å²) in [6, 6.07) is 11.3. The Hall–Kier alpha value is -4.00. The maximum Gasteiger partial charge on any atom is 0.162 e. The lowest BCUT2D eigenvalue weighted by Crippen LogP contribution is -2.02. The van der Waals surface area contributed by atoms with Gasteiger partial charge in [-0.1, -0.05) is 0 Å². The standard InChI is InChI=1S/C25H18F2N4O/c1-13-10-16(6-8-28-13)17-11-18(14(2)32)24-22(12-17)31(15(3)30-24)21-7-9-29-25-20(27)5-4-19(26)23(21)25/h4-12H,1-3H3. The third-order valence-electron chi connectivity index (χ3n) is 5.55. The molecule has 0 bridgehead atoms. The van der Waals surface area contributed by atoms with Crippen molar-refractivity contribution in [3.63, 3.8) is 0 Å². The number of fused-ring (bicyclic) bond motifs is 2. The number of pyridine rings is 2. The van der Waals surface area contributed by atoms with Crippen molar-refractivity contribution in [2.45, 2.75) is 20.8 Å². The predicted octanol–water partition coefficient (Wildman–Crippen LogP) is 5.73. The van der Waals surface area contributed by atoms with Crippen LogP contribution in [0.15, 0.2) is 54.9 Å². The van der Waals surface area contributed by atoms with Crippen molar-refractivity contribution in [3.8, 4) is 16.8 Å². The molecule has 5 rings (SSSR count). The summed E-state index contributed by atoms with van der Waals surface area (Å²) in [6.07, 6.45) is 3.15. The number of carbonyl (C=O) groups is 1. The van der Waals surface area contributed by atoms with Crippen LogP contribution < -0.4 is 0 Å². The molecule has 0 radical (unpaired) electrons. The van der Waals surface area contributed by atoms with Gasteiger partial charge in [-0.3, -0.25) is 19.3 Å². The van der Waals surface area contributed by atoms with Gasteiger partial charge in [-0.05, 0) is 74.4 Å². The van der Waals surface area contributed by atoms with Gasteiger partial charge in [0.15, 0.2) is 5.78 Å². The Morgan fingerprint density at radius 2 is 1.62 bits per heavy atom. The number of aromatic nitrogens is 4. The second-order valence-electron chi connectivity index (χ2n) is 7.71. The zero-order chi connectivity index (χ0) is 22.6. The lowest BCUT2D eigenvalue weighted by Gasteiger charge is -2.13. The van der Waals surface area contributed by atoms with Crippen LogP contribution in [0.1, 0.15) is 28.8 Å². The van der Waals surface area contributed by atoms with E-state index < -0.39 is 11.6 Å². The zero-order valence-corrected chi connectivity index (χ0v) is 17.6. The van der Waals surface area contributed by atoms with E-state index in [9.17, 15) is 13.6 Å². The van der Waals surface area contributed by atoms with Crippen molar-refractivity contribution in [3.05, 3.63) is 83.6 Å². The molecule has 7 heteroatoms. The number of aryl methyl sites for hydroxylation is 2. The van der Waals surface area contributed by atoms with Crippen LogP contribution in [-0.4, -0.2) is 25.3 Å². The average Bonchev–Trinajstić information content (AvgIpc) is 3.10. The van der Waals surface area contributed by atoms with Gasteiger partial charge in [0.2, 0.25) is 0 Å². The Balaban J connectivity index is 1.90. The van der Waals surface area contributed by atoms with Crippen molar-refractivity contribution < 1.29 is 13.6 Å². The summed E-state index contributed by atoms with van der Waals surface area (Å²) in [6.45, 7) is 5.15. The number of halogens is 2. The van der Waals surface area contributed by atoms with Crippen molar-refractivity contribution in [1.29, 1.82) is 0 Å². The van der Waals surface area contributed by atoms with Crippen LogP contribution in [0.5, 0.6) is 0 Å². The number of Topliss-reactive ketones (excluding diaryl/α,β-unsaturated/α-hetero) is 1. The first-order valence-corrected chi connectivity index (χ1v) is 10.1. The number of imidazole rings is 1. The highest BCUT2D eigenvalue weighted by Gasteiger charge is 2.20. The minimum atomic E-state index is -0.609. The highest BCUT2D eigenvalue weighted by molar-refractivity contribution is 6.07. The van der Waals surface area contributed by atoms with Gasteiger partial charge in [0, 0.05) is 23.7 Å². The summed E-state index contributed by atoms with van der Waals surface area (Å²) in [7, 11) is 0. The molecule has 5 nitrogen and oxygen atoms in total. The number of rotatable bonds is 3. The zero-order valence-electron chi connectivity index (χ0n) is 17.6. The largest absolute Gasteiger partial charge is 0.296 e. The lowest BCUT2D eigenvalue weighted by atomic mass is 10.00. The Morgan fingerprint density at radius 1 is 0.875 bits per heavy atom. The molecule has 0 N–H and O–H groups in total. The summed E-state index contributed by atoms with van der Waals surface area (Å²) < 4.78 is 31.0. The Kier molecular flexibility index (Phi) is 4.55. The van der Waals surface area contributed by atoms with E-state index in [1.807, 2.05) is 25.1 Å². The van der Waals surface area contributed by atoms with E-state index in [4.69, 9.17) is 0 Å². The van der Waals surface area contributed by atoms with E-state index in [-0.39, 0.29) is 16.7 Å². The molecule has 0 spiro atoms. The first kappa shape index (κ1) is 19.9. The van der Waals surface area contributed by atoms with E-state index in [0.29, 0.717) is 28.1 Å². The Bertz CT molecular complexity index is 1560. The minimum Gasteiger partial charge on any atom is -0.296 e. The maximum absolute atomic E-state index is 14.8. The highest BCUT2D eigenvalue weighted by atomic mass is 19.1. The Morgan fingerprint density at radius 3 is 2.38 bits per heavy atom. The van der Waals surface area contributed by atoms with Crippen LogP contribution in [0.25, 0.3) is 38.8 Å². The van der Waals surface area contributed by atoms with Gasteiger partial charge in [0.05, 0.1) is 22.1 Å². The molecule has 0 aliphatic rings. The van der Waals surface area contributed by atoms with E-state index in [2.05, 4.69) is 15.0 Å². The molecule has 5 aromatic rings. The second kappa shape index (κ2) is 7.30. The van der Waals surface area contributed by atoms with Gasteiger partial charge in [0.25, 0.3) is 0 Å². The molecular weight excluding hydrogens is 410 g/mol. The van der Waals surface area contributed by atoms with Gasteiger partial charge in [0.1, 0.15) is 23.0 Å². The molecule has 0 atom stereocenters. The highest BCUT2D eigenvalue weighted by Crippen LogP contribution is 2.33. The molecular formula is C25H18F2N4O. The second-order valence-corrected chi connectivity index (χ2v) is 7.71. The molecule has 158 valence electrons. The van der Waals surface area contributed by atoms with Crippen molar-refractivity contribution in [2.24, 2.45) is 0 Å². The van der Waals surface area contributed by atoms with E-state index in [1.54, 1.807) is 29.8 Å². The number of nitrogens with zero attached hydrogens (tertiary/aromatic N) is 4. The first-order chi connectivity index (χ1) is 15.3. The lowest BCUT2D eigenvalue weighted by molar-refractivity contribution is 0.101. The Labute approximate surface area is 182 Å². The third kappa shape index (κ3) is 3.05. The monoisotopic (exact) mass is 428 g/mol. The van der Waals surface area contributed by atoms with Crippen LogP contribution in [0.4, 0.5) is 8.78 Å². The fourth-order valence-electron chi connectivity index (χ4n) is 4.12. The third-order valence-corrected chi connectivity index (χ3v) is 5.55. The maximum atomic E-state index is 14.8. The molecule has 0 saturated carbocycles. The van der Waals surface area contributed by atoms with Crippen molar-refractivity contribution >= 4 is 27.7 Å². The summed E-state index contributed by atoms with van der Waals surface area (Å²) in [5, 5.41) is 0.0597. The van der Waals surface area contributed by atoms with Crippen molar-refractivity contribution in [2.75, 3.05) is 0 Å². The van der Waals surface area contributed by atoms with Gasteiger partial charge >= 0.3 is 0 Å². The molecule has 0 fully saturated rings. The summed E-state index contributed by atoms with van der Waals surface area (Å²) in [5.41, 5.74) is 4.47. The number of ketones is 1. The van der Waals surface area contributed by atoms with Gasteiger partial charge < -0.3 is 0 Å². The fraction of sp³-hybridized carbons (Fsp3) is 0.120. The van der Waals surface area contributed by atoms with Crippen LogP contribution >= 0.6 is 0 Å². The van der Waals surface area contributed by atoms with Crippen LogP contribution in [-0.2, 0) is 0 Å². The number of hydrogen-bond acceptors (Lipinski definition) is 4. The molecule has 2 aromatic carbocycles. The molecule has 3 aromatic heterocycles. The van der Waals surface area contributed by atoms with E-state index in [1.165, 1.54) is 13.1 Å². The average molecular weight is 428 g/mol. The van der Waals surface area contributed by atoms with Crippen molar-refractivity contribution in [1.82, 2.24) is 19.5 Å². The summed E-state index contributed by atoms with van der Waals surface area (Å²) in [5.74, 6) is -0.785. The van der Waals surface area contributed by atoms with Gasteiger partial charge in [-0.25, -0.2) is 13.8 Å². The normalized spacial score (nSPS) is 11.4. The topological polar surface area (TPSA) is 60.7 Å². The first-order valence-electron chi connectivity index (χ1n) is 10.1. The quantitative estimate of drug-likeness (QED) is 0.344. The molecule has 0 saturated heterocycles. The van der Waals surface area contributed by atoms with Crippen LogP contribution in [0.2, 0.25) is 0 Å². The number of benzene rings is 2. The molecule has 0 aliphatic carbocycles. The molecule has 0 amide bonds. The molecule has 32 heavy (non-hydrogen) atoms. The van der Waals surface area contributed by atoms with E-state index in [0.717, 1.165) is 29.0 Å². The smallest absolute Gasteiger partial charge is 0.162 e. The number of hydrogen-bond donors (Lipinski definition) is 0. The van der Waals surface area contributed by atoms with Gasteiger partial charge in [-0.15, -0.1) is 0 Å². The van der Waals surface area contributed by atoms with Gasteiger partial charge in [-0.2, -0.15) is 0 Å².